The van der Waals surface area contributed by atoms with Crippen molar-refractivity contribution in [2.45, 2.75) is 45.1 Å². The largest absolute Gasteiger partial charge is 0.357 e. The smallest absolute Gasteiger partial charge is 0.229 e. The number of carbonyl (C=O) groups excluding carboxylic acids is 2. The molecule has 2 N–H and O–H groups in total. The van der Waals surface area contributed by atoms with Crippen molar-refractivity contribution in [3.8, 4) is 0 Å². The van der Waals surface area contributed by atoms with Crippen LogP contribution in [0.1, 0.15) is 50.6 Å². The Morgan fingerprint density at radius 2 is 1.72 bits per heavy atom. The Bertz CT molecular complexity index is 684. The van der Waals surface area contributed by atoms with Crippen LogP contribution in [0.5, 0.6) is 0 Å². The molecule has 2 aliphatic heterocycles. The number of benzene rings is 1. The molecular weight excluding hydrogens is 366 g/mol. The number of nitrogens with one attached hydrogen (secondary N) is 2. The molecule has 1 aromatic rings. The van der Waals surface area contributed by atoms with Crippen molar-refractivity contribution < 1.29 is 9.59 Å². The van der Waals surface area contributed by atoms with Gasteiger partial charge in [0.25, 0.3) is 0 Å². The fourth-order valence-electron chi connectivity index (χ4n) is 4.02. The second kappa shape index (κ2) is 11.0. The van der Waals surface area contributed by atoms with Crippen molar-refractivity contribution in [3.05, 3.63) is 35.9 Å². The average molecular weight is 400 g/mol. The van der Waals surface area contributed by atoms with Crippen LogP contribution >= 0.6 is 0 Å². The van der Waals surface area contributed by atoms with Gasteiger partial charge in [0.05, 0.1) is 12.6 Å². The van der Waals surface area contributed by atoms with E-state index in [9.17, 15) is 9.59 Å². The van der Waals surface area contributed by atoms with Gasteiger partial charge in [0, 0.05) is 32.5 Å². The second-order valence-corrected chi connectivity index (χ2v) is 7.61. The van der Waals surface area contributed by atoms with Gasteiger partial charge in [-0.2, -0.15) is 0 Å². The molecule has 0 saturated carbocycles. The maximum Gasteiger partial charge on any atom is 0.229 e. The minimum atomic E-state index is -0.0665. The lowest BCUT2D eigenvalue weighted by atomic mass is 10.1. The fourth-order valence-corrected chi connectivity index (χ4v) is 4.02. The number of nitrogens with zero attached hydrogens (tertiary/aromatic N) is 3. The first-order chi connectivity index (χ1) is 14.2. The van der Waals surface area contributed by atoms with Crippen LogP contribution in [0.25, 0.3) is 0 Å². The van der Waals surface area contributed by atoms with Crippen molar-refractivity contribution in [3.63, 3.8) is 0 Å². The quantitative estimate of drug-likeness (QED) is 0.397. The van der Waals surface area contributed by atoms with Gasteiger partial charge in [0.2, 0.25) is 11.8 Å². The molecule has 7 heteroatoms. The Morgan fingerprint density at radius 3 is 2.38 bits per heavy atom. The van der Waals surface area contributed by atoms with Crippen LogP contribution in [0, 0.1) is 0 Å². The molecule has 0 aliphatic carbocycles. The number of hydrogen-bond acceptors (Lipinski definition) is 4. The third-order valence-corrected chi connectivity index (χ3v) is 5.54. The highest BCUT2D eigenvalue weighted by Crippen LogP contribution is 2.25. The van der Waals surface area contributed by atoms with Gasteiger partial charge in [0.1, 0.15) is 0 Å². The number of carbonyl (C=O) groups is 2. The molecule has 3 rings (SSSR count). The van der Waals surface area contributed by atoms with Crippen LogP contribution in [0.4, 0.5) is 0 Å². The number of imide groups is 1. The number of guanidine groups is 1. The van der Waals surface area contributed by atoms with Crippen molar-refractivity contribution in [1.82, 2.24) is 20.4 Å². The number of aliphatic imine (C=N–C) groups is 1. The van der Waals surface area contributed by atoms with Gasteiger partial charge in [-0.25, -0.2) is 0 Å². The SMILES string of the molecule is CCNC(=NCC(c1ccccc1)N1CCCC1)NCCN1C(=O)CCCC1=O. The Kier molecular flexibility index (Phi) is 8.04. The van der Waals surface area contributed by atoms with Gasteiger partial charge in [-0.3, -0.25) is 24.4 Å². The van der Waals surface area contributed by atoms with E-state index < -0.39 is 0 Å². The Balaban J connectivity index is 1.60. The van der Waals surface area contributed by atoms with E-state index in [1.165, 1.54) is 23.3 Å². The Hall–Kier alpha value is -2.41. The molecule has 2 saturated heterocycles. The molecule has 1 unspecified atom stereocenters. The summed E-state index contributed by atoms with van der Waals surface area (Å²) in [5.41, 5.74) is 1.29. The summed E-state index contributed by atoms with van der Waals surface area (Å²) in [6, 6.07) is 10.8. The molecule has 2 fully saturated rings. The molecule has 0 spiro atoms. The second-order valence-electron chi connectivity index (χ2n) is 7.61. The first-order valence-electron chi connectivity index (χ1n) is 10.8. The van der Waals surface area contributed by atoms with E-state index in [1.54, 1.807) is 0 Å². The van der Waals surface area contributed by atoms with Gasteiger partial charge < -0.3 is 10.6 Å². The molecule has 0 aromatic heterocycles. The standard InChI is InChI=1S/C22H33N5O2/c1-2-23-22(24-13-16-27-20(28)11-8-12-21(27)29)25-17-19(26-14-6-7-15-26)18-9-4-3-5-10-18/h3-5,9-10,19H,2,6-8,11-17H2,1H3,(H2,23,24,25). The van der Waals surface area contributed by atoms with E-state index in [0.29, 0.717) is 38.9 Å². The first kappa shape index (κ1) is 21.3. The van der Waals surface area contributed by atoms with Crippen LogP contribution < -0.4 is 10.6 Å². The highest BCUT2D eigenvalue weighted by Gasteiger charge is 2.25. The lowest BCUT2D eigenvalue weighted by molar-refractivity contribution is -0.147. The number of rotatable bonds is 8. The molecular formula is C22H33N5O2. The number of likely N-dealkylation sites (tertiary alicyclic amines) is 2. The van der Waals surface area contributed by atoms with Crippen LogP contribution in [-0.2, 0) is 9.59 Å². The predicted molar refractivity (Wildman–Crippen MR) is 115 cm³/mol. The lowest BCUT2D eigenvalue weighted by Crippen LogP contribution is -2.46. The minimum absolute atomic E-state index is 0.0665. The summed E-state index contributed by atoms with van der Waals surface area (Å²) < 4.78 is 0. The summed E-state index contributed by atoms with van der Waals surface area (Å²) in [5.74, 6) is 0.593. The first-order valence-corrected chi connectivity index (χ1v) is 10.8. The van der Waals surface area contributed by atoms with E-state index in [0.717, 1.165) is 25.6 Å². The van der Waals surface area contributed by atoms with E-state index in [4.69, 9.17) is 4.99 Å². The number of hydrogen-bond donors (Lipinski definition) is 2. The maximum atomic E-state index is 12.0. The summed E-state index contributed by atoms with van der Waals surface area (Å²) in [6.45, 7) is 6.56. The lowest BCUT2D eigenvalue weighted by Gasteiger charge is -2.27. The highest BCUT2D eigenvalue weighted by molar-refractivity contribution is 5.97. The summed E-state index contributed by atoms with van der Waals surface area (Å²) in [5, 5.41) is 6.55. The zero-order valence-corrected chi connectivity index (χ0v) is 17.4. The van der Waals surface area contributed by atoms with Crippen molar-refractivity contribution in [2.75, 3.05) is 39.3 Å². The molecule has 2 heterocycles. The zero-order valence-electron chi connectivity index (χ0n) is 17.4. The Morgan fingerprint density at radius 1 is 1.03 bits per heavy atom. The maximum absolute atomic E-state index is 12.0. The van der Waals surface area contributed by atoms with Crippen molar-refractivity contribution in [1.29, 1.82) is 0 Å². The summed E-state index contributed by atoms with van der Waals surface area (Å²) >= 11 is 0. The summed E-state index contributed by atoms with van der Waals surface area (Å²) in [4.78, 5) is 32.6. The molecule has 2 amide bonds. The van der Waals surface area contributed by atoms with Gasteiger partial charge in [-0.15, -0.1) is 0 Å². The number of amides is 2. The van der Waals surface area contributed by atoms with Gasteiger partial charge in [-0.1, -0.05) is 30.3 Å². The van der Waals surface area contributed by atoms with Crippen LogP contribution in [-0.4, -0.2) is 66.8 Å². The predicted octanol–water partition coefficient (Wildman–Crippen LogP) is 1.92. The fraction of sp³-hybridized carbons (Fsp3) is 0.591. The molecule has 1 aromatic carbocycles. The van der Waals surface area contributed by atoms with E-state index >= 15 is 0 Å². The third kappa shape index (κ3) is 6.03. The summed E-state index contributed by atoms with van der Waals surface area (Å²) in [7, 11) is 0. The topological polar surface area (TPSA) is 77.0 Å². The third-order valence-electron chi connectivity index (χ3n) is 5.54. The van der Waals surface area contributed by atoms with Crippen molar-refractivity contribution >= 4 is 17.8 Å². The monoisotopic (exact) mass is 399 g/mol. The van der Waals surface area contributed by atoms with E-state index in [2.05, 4.69) is 39.8 Å². The Labute approximate surface area is 173 Å². The van der Waals surface area contributed by atoms with Gasteiger partial charge in [-0.05, 0) is 44.8 Å². The van der Waals surface area contributed by atoms with E-state index in [1.807, 2.05) is 13.0 Å². The van der Waals surface area contributed by atoms with Crippen LogP contribution in [0.2, 0.25) is 0 Å². The van der Waals surface area contributed by atoms with Gasteiger partial charge in [0.15, 0.2) is 5.96 Å². The summed E-state index contributed by atoms with van der Waals surface area (Å²) in [6.07, 6.45) is 4.08. The molecule has 158 valence electrons. The minimum Gasteiger partial charge on any atom is -0.357 e. The zero-order chi connectivity index (χ0) is 20.5. The molecule has 0 radical (unpaired) electrons. The van der Waals surface area contributed by atoms with Crippen molar-refractivity contribution in [2.24, 2.45) is 4.99 Å². The highest BCUT2D eigenvalue weighted by atomic mass is 16.2. The van der Waals surface area contributed by atoms with Gasteiger partial charge >= 0.3 is 0 Å². The molecule has 1 atom stereocenters. The molecule has 29 heavy (non-hydrogen) atoms. The average Bonchev–Trinajstić information content (AvgIpc) is 3.25. The normalized spacial score (nSPS) is 19.5. The number of piperidine rings is 1. The van der Waals surface area contributed by atoms with Crippen LogP contribution in [0.3, 0.4) is 0 Å². The molecule has 2 aliphatic rings. The van der Waals surface area contributed by atoms with Crippen LogP contribution in [0.15, 0.2) is 35.3 Å². The molecule has 0 bridgehead atoms. The van der Waals surface area contributed by atoms with E-state index in [-0.39, 0.29) is 17.9 Å². The molecule has 7 nitrogen and oxygen atoms in total.